The number of aliphatic carboxylic acids is 1. The van der Waals surface area contributed by atoms with Gasteiger partial charge in [-0.15, -0.1) is 0 Å². The average Bonchev–Trinajstić information content (AvgIpc) is 2.88. The quantitative estimate of drug-likeness (QED) is 0.628. The van der Waals surface area contributed by atoms with E-state index in [1.54, 1.807) is 0 Å². The number of carboxylic acids is 1. The molecule has 2 fully saturated rings. The Hall–Kier alpha value is -0.650. The van der Waals surface area contributed by atoms with E-state index in [9.17, 15) is 9.90 Å². The van der Waals surface area contributed by atoms with Crippen LogP contribution in [0.2, 0.25) is 0 Å². The smallest absolute Gasteiger partial charge is 0.306 e. The van der Waals surface area contributed by atoms with Crippen molar-refractivity contribution in [3.8, 4) is 0 Å². The van der Waals surface area contributed by atoms with Crippen molar-refractivity contribution in [3.05, 3.63) is 0 Å². The van der Waals surface area contributed by atoms with Gasteiger partial charge >= 0.3 is 5.97 Å². The van der Waals surface area contributed by atoms with Crippen molar-refractivity contribution in [2.24, 2.45) is 11.8 Å². The zero-order chi connectivity index (χ0) is 13.7. The summed E-state index contributed by atoms with van der Waals surface area (Å²) in [5.41, 5.74) is -0.710. The summed E-state index contributed by atoms with van der Waals surface area (Å²) in [5.74, 6) is -0.336. The molecule has 2 aliphatic rings. The zero-order valence-electron chi connectivity index (χ0n) is 11.4. The standard InChI is InChI=1S/C14H25NO4/c16-13(17)12-1-5-14(18,6-2-12)10-15-7-3-11-4-8-19-9-11/h11-12,15,18H,1-10H2,(H,16,17). The second kappa shape index (κ2) is 6.68. The Bertz CT molecular complexity index is 294. The van der Waals surface area contributed by atoms with Crippen LogP contribution in [-0.2, 0) is 9.53 Å². The summed E-state index contributed by atoms with van der Waals surface area (Å²) in [6.45, 7) is 3.23. The molecule has 1 aliphatic carbocycles. The Kier molecular flexibility index (Phi) is 5.19. The minimum Gasteiger partial charge on any atom is -0.481 e. The zero-order valence-corrected chi connectivity index (χ0v) is 11.4. The third kappa shape index (κ3) is 4.44. The Morgan fingerprint density at radius 2 is 2.05 bits per heavy atom. The highest BCUT2D eigenvalue weighted by atomic mass is 16.5. The van der Waals surface area contributed by atoms with Gasteiger partial charge in [0.2, 0.25) is 0 Å². The lowest BCUT2D eigenvalue weighted by Gasteiger charge is -2.35. The van der Waals surface area contributed by atoms with E-state index in [0.29, 0.717) is 38.1 Å². The largest absolute Gasteiger partial charge is 0.481 e. The first-order valence-corrected chi connectivity index (χ1v) is 7.33. The van der Waals surface area contributed by atoms with Crippen molar-refractivity contribution in [1.29, 1.82) is 0 Å². The molecule has 1 atom stereocenters. The third-order valence-electron chi connectivity index (χ3n) is 4.47. The number of carboxylic acid groups (broad SMARTS) is 1. The molecule has 1 aliphatic heterocycles. The number of ether oxygens (including phenoxy) is 1. The van der Waals surface area contributed by atoms with E-state index in [1.165, 1.54) is 0 Å². The van der Waals surface area contributed by atoms with Crippen molar-refractivity contribution in [2.45, 2.75) is 44.1 Å². The first-order valence-electron chi connectivity index (χ1n) is 7.33. The van der Waals surface area contributed by atoms with Gasteiger partial charge in [0.25, 0.3) is 0 Å². The topological polar surface area (TPSA) is 78.8 Å². The van der Waals surface area contributed by atoms with E-state index in [0.717, 1.165) is 32.6 Å². The molecule has 3 N–H and O–H groups in total. The molecule has 0 spiro atoms. The fourth-order valence-corrected chi connectivity index (χ4v) is 3.02. The second-order valence-corrected chi connectivity index (χ2v) is 6.03. The van der Waals surface area contributed by atoms with Crippen LogP contribution in [0.3, 0.4) is 0 Å². The highest BCUT2D eigenvalue weighted by Crippen LogP contribution is 2.31. The predicted octanol–water partition coefficient (Wildman–Crippen LogP) is 1.01. The number of nitrogens with one attached hydrogen (secondary N) is 1. The lowest BCUT2D eigenvalue weighted by atomic mass is 9.79. The minimum absolute atomic E-state index is 0.268. The SMILES string of the molecule is O=C(O)C1CCC(O)(CNCCC2CCOC2)CC1. The van der Waals surface area contributed by atoms with Crippen molar-refractivity contribution in [2.75, 3.05) is 26.3 Å². The summed E-state index contributed by atoms with van der Waals surface area (Å²) in [6.07, 6.45) is 4.58. The Morgan fingerprint density at radius 1 is 1.32 bits per heavy atom. The van der Waals surface area contributed by atoms with Gasteiger partial charge in [0, 0.05) is 19.8 Å². The van der Waals surface area contributed by atoms with Crippen LogP contribution >= 0.6 is 0 Å². The summed E-state index contributed by atoms with van der Waals surface area (Å²) in [6, 6.07) is 0. The molecule has 110 valence electrons. The second-order valence-electron chi connectivity index (χ2n) is 6.03. The molecule has 0 radical (unpaired) electrons. The Balaban J connectivity index is 1.61. The van der Waals surface area contributed by atoms with Gasteiger partial charge in [-0.05, 0) is 51.0 Å². The Labute approximate surface area is 114 Å². The molecule has 1 saturated heterocycles. The van der Waals surface area contributed by atoms with Crippen LogP contribution in [-0.4, -0.2) is 48.1 Å². The van der Waals surface area contributed by atoms with Gasteiger partial charge < -0.3 is 20.3 Å². The van der Waals surface area contributed by atoms with Crippen LogP contribution in [0.4, 0.5) is 0 Å². The van der Waals surface area contributed by atoms with Crippen LogP contribution in [0.1, 0.15) is 38.5 Å². The number of hydrogen-bond donors (Lipinski definition) is 3. The van der Waals surface area contributed by atoms with Crippen molar-refractivity contribution >= 4 is 5.97 Å². The van der Waals surface area contributed by atoms with Crippen LogP contribution in [0, 0.1) is 11.8 Å². The van der Waals surface area contributed by atoms with Gasteiger partial charge in [-0.3, -0.25) is 4.79 Å². The highest BCUT2D eigenvalue weighted by molar-refractivity contribution is 5.70. The molecule has 1 saturated carbocycles. The summed E-state index contributed by atoms with van der Waals surface area (Å²) in [4.78, 5) is 10.9. The van der Waals surface area contributed by atoms with Gasteiger partial charge in [0.15, 0.2) is 0 Å². The Morgan fingerprint density at radius 3 is 2.63 bits per heavy atom. The maximum Gasteiger partial charge on any atom is 0.306 e. The molecule has 1 heterocycles. The normalized spacial score (nSPS) is 35.4. The monoisotopic (exact) mass is 271 g/mol. The maximum atomic E-state index is 10.9. The molecule has 2 rings (SSSR count). The highest BCUT2D eigenvalue weighted by Gasteiger charge is 2.35. The molecular weight excluding hydrogens is 246 g/mol. The molecule has 0 aromatic carbocycles. The van der Waals surface area contributed by atoms with Gasteiger partial charge in [-0.25, -0.2) is 0 Å². The molecule has 0 aromatic heterocycles. The lowest BCUT2D eigenvalue weighted by Crippen LogP contribution is -2.44. The number of rotatable bonds is 6. The summed E-state index contributed by atoms with van der Waals surface area (Å²) >= 11 is 0. The van der Waals surface area contributed by atoms with Gasteiger partial charge in [-0.1, -0.05) is 0 Å². The summed E-state index contributed by atoms with van der Waals surface area (Å²) in [5, 5.41) is 22.6. The van der Waals surface area contributed by atoms with Gasteiger partial charge in [0.05, 0.1) is 11.5 Å². The van der Waals surface area contributed by atoms with Crippen LogP contribution in [0.25, 0.3) is 0 Å². The molecule has 0 amide bonds. The first kappa shape index (κ1) is 14.8. The molecule has 0 aromatic rings. The van der Waals surface area contributed by atoms with Crippen molar-refractivity contribution in [1.82, 2.24) is 5.32 Å². The molecule has 0 bridgehead atoms. The van der Waals surface area contributed by atoms with E-state index in [4.69, 9.17) is 9.84 Å². The van der Waals surface area contributed by atoms with E-state index < -0.39 is 11.6 Å². The summed E-state index contributed by atoms with van der Waals surface area (Å²) in [7, 11) is 0. The maximum absolute atomic E-state index is 10.9. The van der Waals surface area contributed by atoms with Crippen LogP contribution in [0.5, 0.6) is 0 Å². The average molecular weight is 271 g/mol. The molecular formula is C14H25NO4. The minimum atomic E-state index is -0.726. The van der Waals surface area contributed by atoms with E-state index in [-0.39, 0.29) is 5.92 Å². The first-order chi connectivity index (χ1) is 9.09. The van der Waals surface area contributed by atoms with E-state index in [1.807, 2.05) is 0 Å². The van der Waals surface area contributed by atoms with E-state index in [2.05, 4.69) is 5.32 Å². The molecule has 5 nitrogen and oxygen atoms in total. The fourth-order valence-electron chi connectivity index (χ4n) is 3.02. The van der Waals surface area contributed by atoms with E-state index >= 15 is 0 Å². The number of aliphatic hydroxyl groups is 1. The van der Waals surface area contributed by atoms with Crippen molar-refractivity contribution in [3.63, 3.8) is 0 Å². The van der Waals surface area contributed by atoms with Crippen molar-refractivity contribution < 1.29 is 19.7 Å². The van der Waals surface area contributed by atoms with Gasteiger partial charge in [-0.2, -0.15) is 0 Å². The molecule has 19 heavy (non-hydrogen) atoms. The molecule has 5 heteroatoms. The van der Waals surface area contributed by atoms with Crippen LogP contribution in [0.15, 0.2) is 0 Å². The molecule has 1 unspecified atom stereocenters. The lowest BCUT2D eigenvalue weighted by molar-refractivity contribution is -0.144. The number of carbonyl (C=O) groups is 1. The summed E-state index contributed by atoms with van der Waals surface area (Å²) < 4.78 is 5.33. The van der Waals surface area contributed by atoms with Crippen LogP contribution < -0.4 is 5.32 Å². The number of hydrogen-bond acceptors (Lipinski definition) is 4. The third-order valence-corrected chi connectivity index (χ3v) is 4.47. The fraction of sp³-hybridized carbons (Fsp3) is 0.929. The predicted molar refractivity (Wildman–Crippen MR) is 71.0 cm³/mol. The van der Waals surface area contributed by atoms with Gasteiger partial charge in [0.1, 0.15) is 0 Å².